The van der Waals surface area contributed by atoms with E-state index in [0.29, 0.717) is 0 Å². The number of unbranched alkanes of at least 4 members (excludes halogenated alkanes) is 1. The van der Waals surface area contributed by atoms with Gasteiger partial charge in [0.25, 0.3) is 0 Å². The van der Waals surface area contributed by atoms with Crippen molar-refractivity contribution >= 4 is 17.3 Å². The molecule has 0 atom stereocenters. The predicted octanol–water partition coefficient (Wildman–Crippen LogP) is 2.22. The summed E-state index contributed by atoms with van der Waals surface area (Å²) in [6.07, 6.45) is 2.44. The van der Waals surface area contributed by atoms with Crippen molar-refractivity contribution in [3.63, 3.8) is 0 Å². The second kappa shape index (κ2) is 11.4. The van der Waals surface area contributed by atoms with Crippen LogP contribution in [0.25, 0.3) is 0 Å². The van der Waals surface area contributed by atoms with E-state index in [1.165, 1.54) is 57.7 Å². The Morgan fingerprint density at radius 2 is 1.92 bits per heavy atom. The van der Waals surface area contributed by atoms with Crippen molar-refractivity contribution in [2.45, 2.75) is 33.2 Å². The van der Waals surface area contributed by atoms with Crippen LogP contribution >= 0.6 is 11.3 Å². The molecule has 0 aliphatic carbocycles. The zero-order valence-corrected chi connectivity index (χ0v) is 16.1. The zero-order valence-electron chi connectivity index (χ0n) is 15.3. The standard InChI is InChI=1S/C18H33N5S/c1-3-19-18(21-15-17-7-14-24-16-17)20-8-5-6-9-23-12-10-22(4-2)11-13-23/h7,14,16H,3-6,8-13,15H2,1-2H3,(H2,19,20,21). The molecule has 1 aliphatic heterocycles. The quantitative estimate of drug-likeness (QED) is 0.407. The molecule has 1 saturated heterocycles. The predicted molar refractivity (Wildman–Crippen MR) is 105 cm³/mol. The summed E-state index contributed by atoms with van der Waals surface area (Å²) in [5.41, 5.74) is 1.28. The van der Waals surface area contributed by atoms with E-state index in [-0.39, 0.29) is 0 Å². The Bertz CT molecular complexity index is 452. The van der Waals surface area contributed by atoms with E-state index >= 15 is 0 Å². The normalized spacial score (nSPS) is 17.2. The van der Waals surface area contributed by atoms with Crippen LogP contribution in [0.3, 0.4) is 0 Å². The molecule has 0 saturated carbocycles. The van der Waals surface area contributed by atoms with E-state index in [9.17, 15) is 0 Å². The van der Waals surface area contributed by atoms with Gasteiger partial charge in [0.05, 0.1) is 6.54 Å². The summed E-state index contributed by atoms with van der Waals surface area (Å²) >= 11 is 1.73. The monoisotopic (exact) mass is 351 g/mol. The van der Waals surface area contributed by atoms with Gasteiger partial charge in [-0.05, 0) is 55.2 Å². The van der Waals surface area contributed by atoms with Crippen LogP contribution in [-0.2, 0) is 6.54 Å². The molecular weight excluding hydrogens is 318 g/mol. The molecule has 0 aromatic carbocycles. The van der Waals surface area contributed by atoms with Gasteiger partial charge < -0.3 is 20.4 Å². The Morgan fingerprint density at radius 3 is 2.58 bits per heavy atom. The minimum Gasteiger partial charge on any atom is -0.357 e. The maximum absolute atomic E-state index is 4.65. The minimum atomic E-state index is 0.751. The summed E-state index contributed by atoms with van der Waals surface area (Å²) in [5.74, 6) is 0.931. The molecule has 1 aromatic rings. The first-order chi connectivity index (χ1) is 11.8. The van der Waals surface area contributed by atoms with Crippen molar-refractivity contribution in [1.82, 2.24) is 20.4 Å². The van der Waals surface area contributed by atoms with Gasteiger partial charge in [-0.25, -0.2) is 4.99 Å². The lowest BCUT2D eigenvalue weighted by atomic mass is 10.2. The maximum Gasteiger partial charge on any atom is 0.191 e. The molecule has 136 valence electrons. The lowest BCUT2D eigenvalue weighted by Gasteiger charge is -2.34. The Labute approximate surface area is 151 Å². The number of piperazine rings is 1. The Hall–Kier alpha value is -1.11. The molecule has 6 heteroatoms. The molecule has 0 spiro atoms. The lowest BCUT2D eigenvalue weighted by Crippen LogP contribution is -2.46. The van der Waals surface area contributed by atoms with Crippen molar-refractivity contribution < 1.29 is 0 Å². The first kappa shape index (κ1) is 19.2. The molecule has 0 radical (unpaired) electrons. The van der Waals surface area contributed by atoms with Gasteiger partial charge in [0.2, 0.25) is 0 Å². The van der Waals surface area contributed by atoms with Gasteiger partial charge in [0.15, 0.2) is 5.96 Å². The number of guanidine groups is 1. The van der Waals surface area contributed by atoms with Gasteiger partial charge in [0.1, 0.15) is 0 Å². The van der Waals surface area contributed by atoms with Gasteiger partial charge in [-0.15, -0.1) is 0 Å². The molecule has 2 heterocycles. The van der Waals surface area contributed by atoms with Crippen LogP contribution in [0.5, 0.6) is 0 Å². The fraction of sp³-hybridized carbons (Fsp3) is 0.722. The number of hydrogen-bond acceptors (Lipinski definition) is 4. The molecule has 0 bridgehead atoms. The number of thiophene rings is 1. The van der Waals surface area contributed by atoms with Crippen molar-refractivity contribution in [2.24, 2.45) is 4.99 Å². The summed E-state index contributed by atoms with van der Waals surface area (Å²) in [6, 6.07) is 2.13. The van der Waals surface area contributed by atoms with Crippen molar-refractivity contribution in [1.29, 1.82) is 0 Å². The van der Waals surface area contributed by atoms with Gasteiger partial charge in [-0.3, -0.25) is 0 Å². The molecule has 2 N–H and O–H groups in total. The number of nitrogens with zero attached hydrogens (tertiary/aromatic N) is 3. The molecule has 0 unspecified atom stereocenters. The number of nitrogens with one attached hydrogen (secondary N) is 2. The number of hydrogen-bond donors (Lipinski definition) is 2. The molecule has 1 fully saturated rings. The van der Waals surface area contributed by atoms with Crippen LogP contribution in [0.2, 0.25) is 0 Å². The van der Waals surface area contributed by atoms with Gasteiger partial charge in [0, 0.05) is 39.3 Å². The maximum atomic E-state index is 4.65. The Kier molecular flexibility index (Phi) is 9.16. The van der Waals surface area contributed by atoms with Crippen LogP contribution < -0.4 is 10.6 Å². The molecule has 5 nitrogen and oxygen atoms in total. The minimum absolute atomic E-state index is 0.751. The zero-order chi connectivity index (χ0) is 17.0. The summed E-state index contributed by atoms with van der Waals surface area (Å²) < 4.78 is 0. The fourth-order valence-corrected chi connectivity index (χ4v) is 3.55. The van der Waals surface area contributed by atoms with Crippen molar-refractivity contribution in [3.05, 3.63) is 22.4 Å². The lowest BCUT2D eigenvalue weighted by molar-refractivity contribution is 0.136. The van der Waals surface area contributed by atoms with Gasteiger partial charge >= 0.3 is 0 Å². The highest BCUT2D eigenvalue weighted by Gasteiger charge is 2.14. The van der Waals surface area contributed by atoms with E-state index in [1.54, 1.807) is 11.3 Å². The molecule has 24 heavy (non-hydrogen) atoms. The van der Waals surface area contributed by atoms with Gasteiger partial charge in [-0.2, -0.15) is 11.3 Å². The first-order valence-corrected chi connectivity index (χ1v) is 10.2. The van der Waals surface area contributed by atoms with Gasteiger partial charge in [-0.1, -0.05) is 6.92 Å². The van der Waals surface area contributed by atoms with E-state index in [4.69, 9.17) is 0 Å². The number of rotatable bonds is 9. The highest BCUT2D eigenvalue weighted by Crippen LogP contribution is 2.06. The average molecular weight is 352 g/mol. The second-order valence-electron chi connectivity index (χ2n) is 6.24. The SMILES string of the molecule is CCNC(=NCc1ccsc1)NCCCCN1CCN(CC)CC1. The fourth-order valence-electron chi connectivity index (χ4n) is 2.89. The Morgan fingerprint density at radius 1 is 1.12 bits per heavy atom. The number of likely N-dealkylation sites (N-methyl/N-ethyl adjacent to an activating group) is 1. The Balaban J connectivity index is 1.58. The third-order valence-electron chi connectivity index (χ3n) is 4.45. The summed E-state index contributed by atoms with van der Waals surface area (Å²) in [5, 5.41) is 11.0. The highest BCUT2D eigenvalue weighted by molar-refractivity contribution is 7.07. The molecule has 1 aromatic heterocycles. The smallest absolute Gasteiger partial charge is 0.191 e. The average Bonchev–Trinajstić information content (AvgIpc) is 3.13. The summed E-state index contributed by atoms with van der Waals surface area (Å²) in [7, 11) is 0. The number of aliphatic imine (C=N–C) groups is 1. The van der Waals surface area contributed by atoms with Crippen LogP contribution in [0.15, 0.2) is 21.8 Å². The largest absolute Gasteiger partial charge is 0.357 e. The molecule has 0 amide bonds. The second-order valence-corrected chi connectivity index (χ2v) is 7.02. The van der Waals surface area contributed by atoms with E-state index in [0.717, 1.165) is 25.6 Å². The van der Waals surface area contributed by atoms with E-state index in [1.807, 2.05) is 0 Å². The third kappa shape index (κ3) is 7.20. The van der Waals surface area contributed by atoms with Crippen LogP contribution in [-0.4, -0.2) is 68.1 Å². The van der Waals surface area contributed by atoms with Crippen molar-refractivity contribution in [2.75, 3.05) is 52.4 Å². The highest BCUT2D eigenvalue weighted by atomic mass is 32.1. The first-order valence-electron chi connectivity index (χ1n) is 9.29. The van der Waals surface area contributed by atoms with Crippen LogP contribution in [0.4, 0.5) is 0 Å². The topological polar surface area (TPSA) is 42.9 Å². The summed E-state index contributed by atoms with van der Waals surface area (Å²) in [4.78, 5) is 9.78. The third-order valence-corrected chi connectivity index (χ3v) is 5.18. The van der Waals surface area contributed by atoms with E-state index in [2.05, 4.69) is 56.1 Å². The summed E-state index contributed by atoms with van der Waals surface area (Å²) in [6.45, 7) is 14.3. The molecular formula is C18H33N5S. The molecule has 1 aliphatic rings. The van der Waals surface area contributed by atoms with Crippen molar-refractivity contribution in [3.8, 4) is 0 Å². The van der Waals surface area contributed by atoms with E-state index < -0.39 is 0 Å². The molecule has 2 rings (SSSR count). The van der Waals surface area contributed by atoms with Crippen LogP contribution in [0.1, 0.15) is 32.3 Å². The van der Waals surface area contributed by atoms with Crippen LogP contribution in [0, 0.1) is 0 Å².